The highest BCUT2D eigenvalue weighted by atomic mass is 32.2. The molecule has 152 valence electrons. The molecule has 0 saturated carbocycles. The summed E-state index contributed by atoms with van der Waals surface area (Å²) in [6.07, 6.45) is 4.30. The molecule has 0 bridgehead atoms. The summed E-state index contributed by atoms with van der Waals surface area (Å²) >= 11 is 0. The monoisotopic (exact) mass is 416 g/mol. The minimum absolute atomic E-state index is 0.0249. The molecule has 0 spiro atoms. The Bertz CT molecular complexity index is 1150. The fourth-order valence-corrected chi connectivity index (χ4v) is 4.65. The van der Waals surface area contributed by atoms with E-state index in [4.69, 9.17) is 4.84 Å². The van der Waals surface area contributed by atoms with Crippen molar-refractivity contribution < 1.29 is 22.4 Å². The molecule has 1 aromatic heterocycles. The van der Waals surface area contributed by atoms with E-state index in [1.54, 1.807) is 0 Å². The number of carbonyl (C=O) groups is 1. The molecule has 0 atom stereocenters. The fourth-order valence-electron chi connectivity index (χ4n) is 3.86. The first kappa shape index (κ1) is 19.6. The van der Waals surface area contributed by atoms with Crippen molar-refractivity contribution in [3.8, 4) is 0 Å². The van der Waals surface area contributed by atoms with Crippen LogP contribution in [0.2, 0.25) is 0 Å². The van der Waals surface area contributed by atoms with Gasteiger partial charge in [-0.1, -0.05) is 18.2 Å². The van der Waals surface area contributed by atoms with E-state index in [0.29, 0.717) is 6.54 Å². The Morgan fingerprint density at radius 3 is 2.59 bits per heavy atom. The summed E-state index contributed by atoms with van der Waals surface area (Å²) in [5, 5.41) is 1.22. The number of nitrogens with one attached hydrogen (secondary N) is 1. The number of sulfonamides is 1. The summed E-state index contributed by atoms with van der Waals surface area (Å²) in [4.78, 5) is 18.5. The highest BCUT2D eigenvalue weighted by molar-refractivity contribution is 7.89. The third-order valence-corrected chi connectivity index (χ3v) is 6.41. The number of hydrogen-bond donors (Lipinski definition) is 1. The number of aromatic nitrogens is 1. The van der Waals surface area contributed by atoms with Crippen molar-refractivity contribution in [2.75, 3.05) is 0 Å². The van der Waals surface area contributed by atoms with Gasteiger partial charge in [-0.15, -0.1) is 0 Å². The standard InChI is InChI=1S/C21H21FN2O4S/c22-15-9-11-16(12-10-15)29(26,27)23-28-21(25)13-14-24-19-7-3-1-5-17(19)18-6-2-4-8-20(18)24/h1,3,5,7,9-12,23H,2,4,6,8,13-14H2. The van der Waals surface area contributed by atoms with Gasteiger partial charge in [-0.25, -0.2) is 12.8 Å². The second kappa shape index (κ2) is 7.96. The summed E-state index contributed by atoms with van der Waals surface area (Å²) in [6, 6.07) is 12.4. The van der Waals surface area contributed by atoms with Crippen molar-refractivity contribution in [2.45, 2.75) is 43.5 Å². The normalized spacial score (nSPS) is 14.0. The van der Waals surface area contributed by atoms with Crippen molar-refractivity contribution in [3.05, 3.63) is 65.6 Å². The molecule has 1 aliphatic rings. The molecule has 2 aromatic carbocycles. The van der Waals surface area contributed by atoms with Gasteiger partial charge in [0.05, 0.1) is 11.3 Å². The van der Waals surface area contributed by atoms with Gasteiger partial charge in [0.2, 0.25) is 0 Å². The van der Waals surface area contributed by atoms with Crippen molar-refractivity contribution in [2.24, 2.45) is 0 Å². The van der Waals surface area contributed by atoms with Crippen LogP contribution in [0.25, 0.3) is 10.9 Å². The van der Waals surface area contributed by atoms with E-state index in [9.17, 15) is 17.6 Å². The number of para-hydroxylation sites is 1. The predicted molar refractivity (Wildman–Crippen MR) is 106 cm³/mol. The summed E-state index contributed by atoms with van der Waals surface area (Å²) in [5.41, 5.74) is 3.67. The number of benzene rings is 2. The molecule has 4 rings (SSSR count). The van der Waals surface area contributed by atoms with Crippen LogP contribution in [0.3, 0.4) is 0 Å². The lowest BCUT2D eigenvalue weighted by Crippen LogP contribution is -2.27. The zero-order valence-corrected chi connectivity index (χ0v) is 16.5. The smallest absolute Gasteiger partial charge is 0.327 e. The second-order valence-electron chi connectivity index (χ2n) is 7.07. The maximum absolute atomic E-state index is 13.0. The lowest BCUT2D eigenvalue weighted by molar-refractivity contribution is -0.147. The number of halogens is 1. The van der Waals surface area contributed by atoms with Crippen LogP contribution in [0.4, 0.5) is 4.39 Å². The fraction of sp³-hybridized carbons (Fsp3) is 0.286. The van der Waals surface area contributed by atoms with Crippen molar-refractivity contribution in [3.63, 3.8) is 0 Å². The average molecular weight is 416 g/mol. The maximum atomic E-state index is 13.0. The molecule has 1 N–H and O–H groups in total. The van der Waals surface area contributed by atoms with Crippen LogP contribution < -0.4 is 4.89 Å². The first-order valence-electron chi connectivity index (χ1n) is 9.52. The molecule has 0 unspecified atom stereocenters. The lowest BCUT2D eigenvalue weighted by atomic mass is 9.95. The summed E-state index contributed by atoms with van der Waals surface area (Å²) < 4.78 is 39.4. The molecule has 0 amide bonds. The molecule has 0 fully saturated rings. The van der Waals surface area contributed by atoms with Gasteiger partial charge in [0.15, 0.2) is 0 Å². The SMILES string of the molecule is O=C(CCn1c2c(c3ccccc31)CCCC2)ONS(=O)(=O)c1ccc(F)cc1. The highest BCUT2D eigenvalue weighted by Gasteiger charge is 2.21. The van der Waals surface area contributed by atoms with Crippen LogP contribution in [0.5, 0.6) is 0 Å². The molecular formula is C21H21FN2O4S. The van der Waals surface area contributed by atoms with E-state index in [1.807, 2.05) is 23.1 Å². The first-order chi connectivity index (χ1) is 14.0. The number of nitrogens with zero attached hydrogens (tertiary/aromatic N) is 1. The van der Waals surface area contributed by atoms with Crippen molar-refractivity contribution in [1.29, 1.82) is 0 Å². The maximum Gasteiger partial charge on any atom is 0.327 e. The van der Waals surface area contributed by atoms with Gasteiger partial charge in [-0.05, 0) is 66.5 Å². The van der Waals surface area contributed by atoms with E-state index in [-0.39, 0.29) is 11.3 Å². The minimum atomic E-state index is -4.06. The summed E-state index contributed by atoms with van der Waals surface area (Å²) in [6.45, 7) is 0.410. The van der Waals surface area contributed by atoms with Crippen LogP contribution in [-0.4, -0.2) is 19.0 Å². The zero-order valence-electron chi connectivity index (χ0n) is 15.7. The number of carbonyl (C=O) groups excluding carboxylic acids is 1. The van der Waals surface area contributed by atoms with Crippen molar-refractivity contribution in [1.82, 2.24) is 9.45 Å². The number of rotatable bonds is 6. The zero-order chi connectivity index (χ0) is 20.4. The van der Waals surface area contributed by atoms with Gasteiger partial charge in [0.25, 0.3) is 10.0 Å². The molecule has 0 radical (unpaired) electrons. The van der Waals surface area contributed by atoms with Crippen LogP contribution in [0.15, 0.2) is 53.4 Å². The number of aryl methyl sites for hydroxylation is 2. The van der Waals surface area contributed by atoms with E-state index < -0.39 is 21.8 Å². The summed E-state index contributed by atoms with van der Waals surface area (Å²) in [7, 11) is -4.06. The molecule has 3 aromatic rings. The Hall–Kier alpha value is -2.71. The van der Waals surface area contributed by atoms with Gasteiger partial charge >= 0.3 is 5.97 Å². The molecule has 29 heavy (non-hydrogen) atoms. The topological polar surface area (TPSA) is 77.4 Å². The molecule has 1 heterocycles. The Kier molecular flexibility index (Phi) is 5.38. The molecule has 0 saturated heterocycles. The molecule has 1 aliphatic carbocycles. The first-order valence-corrected chi connectivity index (χ1v) is 11.0. The van der Waals surface area contributed by atoms with E-state index in [0.717, 1.165) is 55.5 Å². The Morgan fingerprint density at radius 1 is 1.07 bits per heavy atom. The Labute approximate surface area is 168 Å². The van der Waals surface area contributed by atoms with Crippen LogP contribution in [0.1, 0.15) is 30.5 Å². The van der Waals surface area contributed by atoms with Crippen molar-refractivity contribution >= 4 is 26.9 Å². The quantitative estimate of drug-likeness (QED) is 0.624. The van der Waals surface area contributed by atoms with Crippen LogP contribution in [-0.2, 0) is 39.0 Å². The number of hydrogen-bond acceptors (Lipinski definition) is 4. The number of fused-ring (bicyclic) bond motifs is 3. The van der Waals surface area contributed by atoms with E-state index >= 15 is 0 Å². The molecular weight excluding hydrogens is 395 g/mol. The third-order valence-electron chi connectivity index (χ3n) is 5.21. The third kappa shape index (κ3) is 4.04. The second-order valence-corrected chi connectivity index (χ2v) is 8.71. The van der Waals surface area contributed by atoms with Crippen LogP contribution >= 0.6 is 0 Å². The Morgan fingerprint density at radius 2 is 1.79 bits per heavy atom. The molecule has 0 aliphatic heterocycles. The molecule has 8 heteroatoms. The van der Waals surface area contributed by atoms with Crippen LogP contribution in [0, 0.1) is 5.82 Å². The van der Waals surface area contributed by atoms with E-state index in [1.165, 1.54) is 16.6 Å². The van der Waals surface area contributed by atoms with E-state index in [2.05, 4.69) is 10.6 Å². The molecule has 6 nitrogen and oxygen atoms in total. The van der Waals surface area contributed by atoms with Gasteiger partial charge in [0.1, 0.15) is 5.82 Å². The largest absolute Gasteiger partial charge is 0.356 e. The highest BCUT2D eigenvalue weighted by Crippen LogP contribution is 2.32. The van der Waals surface area contributed by atoms with Gasteiger partial charge in [0, 0.05) is 23.1 Å². The Balaban J connectivity index is 1.43. The lowest BCUT2D eigenvalue weighted by Gasteiger charge is -2.15. The van der Waals surface area contributed by atoms with Gasteiger partial charge in [-0.2, -0.15) is 0 Å². The van der Waals surface area contributed by atoms with Gasteiger partial charge in [-0.3, -0.25) is 4.79 Å². The predicted octanol–water partition coefficient (Wildman–Crippen LogP) is 3.49. The minimum Gasteiger partial charge on any atom is -0.356 e. The van der Waals surface area contributed by atoms with Gasteiger partial charge < -0.3 is 9.40 Å². The summed E-state index contributed by atoms with van der Waals surface area (Å²) in [5.74, 6) is -1.23. The average Bonchev–Trinajstić information content (AvgIpc) is 3.05.